The molecular formula is C12H12N2O2. The van der Waals surface area contributed by atoms with Crippen LogP contribution in [0.25, 0.3) is 0 Å². The van der Waals surface area contributed by atoms with Crippen molar-refractivity contribution in [3.63, 3.8) is 0 Å². The summed E-state index contributed by atoms with van der Waals surface area (Å²) in [5.74, 6) is -0.410. The first-order valence-electron chi connectivity index (χ1n) is 4.95. The zero-order valence-corrected chi connectivity index (χ0v) is 8.96. The Bertz CT molecular complexity index is 477. The molecule has 1 heterocycles. The minimum atomic E-state index is -0.410. The van der Waals surface area contributed by atoms with Gasteiger partial charge in [-0.1, -0.05) is 30.3 Å². The molecule has 0 aliphatic heterocycles. The molecule has 0 N–H and O–H groups in total. The van der Waals surface area contributed by atoms with E-state index in [2.05, 4.69) is 9.84 Å². The standard InChI is InChI=1S/C12H12N2O2/c1-16-12(15)11-7-8-14(13-11)9-10-5-3-2-4-6-10/h2-8H,9H2,1H3. The van der Waals surface area contributed by atoms with E-state index in [0.717, 1.165) is 5.56 Å². The maximum Gasteiger partial charge on any atom is 0.358 e. The number of ether oxygens (including phenoxy) is 1. The van der Waals surface area contributed by atoms with Gasteiger partial charge in [0.05, 0.1) is 13.7 Å². The van der Waals surface area contributed by atoms with E-state index in [4.69, 9.17) is 0 Å². The van der Waals surface area contributed by atoms with Crippen LogP contribution in [0.3, 0.4) is 0 Å². The summed E-state index contributed by atoms with van der Waals surface area (Å²) in [6.45, 7) is 0.651. The van der Waals surface area contributed by atoms with Crippen molar-refractivity contribution < 1.29 is 9.53 Å². The fourth-order valence-corrected chi connectivity index (χ4v) is 1.43. The Labute approximate surface area is 93.5 Å². The first kappa shape index (κ1) is 10.4. The van der Waals surface area contributed by atoms with E-state index in [1.807, 2.05) is 30.3 Å². The smallest absolute Gasteiger partial charge is 0.358 e. The molecule has 4 nitrogen and oxygen atoms in total. The molecule has 0 unspecified atom stereocenters. The average molecular weight is 216 g/mol. The molecule has 82 valence electrons. The molecule has 2 aromatic rings. The van der Waals surface area contributed by atoms with Crippen LogP contribution in [0.2, 0.25) is 0 Å². The van der Waals surface area contributed by atoms with Gasteiger partial charge in [0, 0.05) is 6.20 Å². The first-order chi connectivity index (χ1) is 7.79. The highest BCUT2D eigenvalue weighted by Gasteiger charge is 2.08. The quantitative estimate of drug-likeness (QED) is 0.734. The van der Waals surface area contributed by atoms with Crippen molar-refractivity contribution in [2.75, 3.05) is 7.11 Å². The van der Waals surface area contributed by atoms with Crippen LogP contribution in [0.1, 0.15) is 16.1 Å². The number of nitrogens with zero attached hydrogens (tertiary/aromatic N) is 2. The monoisotopic (exact) mass is 216 g/mol. The van der Waals surface area contributed by atoms with Gasteiger partial charge in [-0.25, -0.2) is 4.79 Å². The van der Waals surface area contributed by atoms with Gasteiger partial charge in [-0.05, 0) is 11.6 Å². The first-order valence-corrected chi connectivity index (χ1v) is 4.95. The Balaban J connectivity index is 2.12. The van der Waals surface area contributed by atoms with E-state index in [1.165, 1.54) is 7.11 Å². The average Bonchev–Trinajstić information content (AvgIpc) is 2.78. The van der Waals surface area contributed by atoms with E-state index in [9.17, 15) is 4.79 Å². The zero-order chi connectivity index (χ0) is 11.4. The van der Waals surface area contributed by atoms with Crippen molar-refractivity contribution in [1.82, 2.24) is 9.78 Å². The predicted octanol–water partition coefficient (Wildman–Crippen LogP) is 1.72. The minimum Gasteiger partial charge on any atom is -0.464 e. The van der Waals surface area contributed by atoms with Gasteiger partial charge < -0.3 is 4.74 Å². The van der Waals surface area contributed by atoms with E-state index >= 15 is 0 Å². The van der Waals surface area contributed by atoms with Crippen molar-refractivity contribution in [2.24, 2.45) is 0 Å². The minimum absolute atomic E-state index is 0.332. The number of methoxy groups -OCH3 is 1. The number of carbonyl (C=O) groups is 1. The molecule has 0 radical (unpaired) electrons. The molecule has 0 saturated heterocycles. The summed E-state index contributed by atoms with van der Waals surface area (Å²) in [7, 11) is 1.35. The Hall–Kier alpha value is -2.10. The summed E-state index contributed by atoms with van der Waals surface area (Å²) in [6.07, 6.45) is 1.76. The lowest BCUT2D eigenvalue weighted by atomic mass is 10.2. The van der Waals surface area contributed by atoms with E-state index in [0.29, 0.717) is 12.2 Å². The zero-order valence-electron chi connectivity index (χ0n) is 8.96. The lowest BCUT2D eigenvalue weighted by Crippen LogP contribution is -2.05. The van der Waals surface area contributed by atoms with Gasteiger partial charge in [0.2, 0.25) is 0 Å². The maximum absolute atomic E-state index is 11.2. The number of hydrogen-bond acceptors (Lipinski definition) is 3. The van der Waals surface area contributed by atoms with Gasteiger partial charge in [0.15, 0.2) is 5.69 Å². The van der Waals surface area contributed by atoms with Gasteiger partial charge in [0.1, 0.15) is 0 Å². The van der Waals surface area contributed by atoms with Crippen LogP contribution >= 0.6 is 0 Å². The van der Waals surface area contributed by atoms with Crippen molar-refractivity contribution >= 4 is 5.97 Å². The second-order valence-electron chi connectivity index (χ2n) is 3.38. The number of aromatic nitrogens is 2. The fraction of sp³-hybridized carbons (Fsp3) is 0.167. The summed E-state index contributed by atoms with van der Waals surface area (Å²) in [5, 5.41) is 4.12. The van der Waals surface area contributed by atoms with Crippen LogP contribution in [0.15, 0.2) is 42.6 Å². The molecule has 4 heteroatoms. The molecule has 1 aromatic heterocycles. The van der Waals surface area contributed by atoms with Crippen molar-refractivity contribution in [3.05, 3.63) is 53.9 Å². The molecule has 0 atom stereocenters. The Morgan fingerprint density at radius 1 is 1.31 bits per heavy atom. The largest absolute Gasteiger partial charge is 0.464 e. The highest BCUT2D eigenvalue weighted by Crippen LogP contribution is 2.03. The maximum atomic E-state index is 11.2. The van der Waals surface area contributed by atoms with Crippen LogP contribution in [0.4, 0.5) is 0 Å². The van der Waals surface area contributed by atoms with Crippen LogP contribution in [-0.4, -0.2) is 22.9 Å². The van der Waals surface area contributed by atoms with Gasteiger partial charge in [0.25, 0.3) is 0 Å². The molecule has 0 saturated carbocycles. The summed E-state index contributed by atoms with van der Waals surface area (Å²) in [4.78, 5) is 11.2. The van der Waals surface area contributed by atoms with Crippen LogP contribution in [-0.2, 0) is 11.3 Å². The number of rotatable bonds is 3. The number of hydrogen-bond donors (Lipinski definition) is 0. The highest BCUT2D eigenvalue weighted by molar-refractivity contribution is 5.86. The van der Waals surface area contributed by atoms with E-state index in [-0.39, 0.29) is 0 Å². The third-order valence-electron chi connectivity index (χ3n) is 2.22. The summed E-state index contributed by atoms with van der Waals surface area (Å²) < 4.78 is 6.29. The number of esters is 1. The fourth-order valence-electron chi connectivity index (χ4n) is 1.43. The lowest BCUT2D eigenvalue weighted by molar-refractivity contribution is 0.0593. The highest BCUT2D eigenvalue weighted by atomic mass is 16.5. The van der Waals surface area contributed by atoms with Crippen LogP contribution < -0.4 is 0 Å². The van der Waals surface area contributed by atoms with Gasteiger partial charge in [-0.3, -0.25) is 4.68 Å². The molecule has 1 aromatic carbocycles. The summed E-state index contributed by atoms with van der Waals surface area (Å²) in [6, 6.07) is 11.6. The molecule has 16 heavy (non-hydrogen) atoms. The summed E-state index contributed by atoms with van der Waals surface area (Å²) >= 11 is 0. The SMILES string of the molecule is COC(=O)c1ccn(Cc2ccccc2)n1. The van der Waals surface area contributed by atoms with E-state index in [1.54, 1.807) is 16.9 Å². The van der Waals surface area contributed by atoms with Crippen molar-refractivity contribution in [2.45, 2.75) is 6.54 Å². The van der Waals surface area contributed by atoms with Crippen LogP contribution in [0.5, 0.6) is 0 Å². The Morgan fingerprint density at radius 3 is 2.75 bits per heavy atom. The lowest BCUT2D eigenvalue weighted by Gasteiger charge is -2.00. The third-order valence-corrected chi connectivity index (χ3v) is 2.22. The summed E-state index contributed by atoms with van der Waals surface area (Å²) in [5.41, 5.74) is 1.47. The molecule has 0 spiro atoms. The third kappa shape index (κ3) is 2.28. The second-order valence-corrected chi connectivity index (χ2v) is 3.38. The van der Waals surface area contributed by atoms with Gasteiger partial charge >= 0.3 is 5.97 Å². The van der Waals surface area contributed by atoms with Crippen LogP contribution in [0, 0.1) is 0 Å². The van der Waals surface area contributed by atoms with Gasteiger partial charge in [-0.2, -0.15) is 5.10 Å². The molecule has 0 fully saturated rings. The van der Waals surface area contributed by atoms with Crippen molar-refractivity contribution in [1.29, 1.82) is 0 Å². The molecular weight excluding hydrogens is 204 g/mol. The normalized spacial score (nSPS) is 10.1. The molecule has 0 aliphatic rings. The molecule has 0 aliphatic carbocycles. The topological polar surface area (TPSA) is 44.1 Å². The second kappa shape index (κ2) is 4.61. The number of carbonyl (C=O) groups excluding carboxylic acids is 1. The Morgan fingerprint density at radius 2 is 2.06 bits per heavy atom. The number of benzene rings is 1. The Kier molecular flexibility index (Phi) is 3.00. The van der Waals surface area contributed by atoms with E-state index < -0.39 is 5.97 Å². The molecule has 0 amide bonds. The predicted molar refractivity (Wildman–Crippen MR) is 59.1 cm³/mol. The van der Waals surface area contributed by atoms with Crippen molar-refractivity contribution in [3.8, 4) is 0 Å². The molecule has 0 bridgehead atoms. The van der Waals surface area contributed by atoms with Gasteiger partial charge in [-0.15, -0.1) is 0 Å². The molecule has 2 rings (SSSR count).